The normalized spacial score (nSPS) is 12.5. The van der Waals surface area contributed by atoms with Gasteiger partial charge < -0.3 is 5.11 Å². The lowest BCUT2D eigenvalue weighted by Gasteiger charge is -2.15. The molecule has 0 fully saturated rings. The first-order chi connectivity index (χ1) is 8.09. The van der Waals surface area contributed by atoms with E-state index >= 15 is 0 Å². The van der Waals surface area contributed by atoms with E-state index in [-0.39, 0.29) is 0 Å². The summed E-state index contributed by atoms with van der Waals surface area (Å²) in [5, 5.41) is 11.5. The molecule has 0 aliphatic carbocycles. The molecule has 2 aromatic rings. The summed E-state index contributed by atoms with van der Waals surface area (Å²) in [4.78, 5) is 0. The van der Waals surface area contributed by atoms with Gasteiger partial charge in [-0.3, -0.25) is 0 Å². The van der Waals surface area contributed by atoms with Gasteiger partial charge >= 0.3 is 0 Å². The topological polar surface area (TPSA) is 20.2 Å². The molecule has 1 atom stereocenters. The van der Waals surface area contributed by atoms with Crippen molar-refractivity contribution in [1.82, 2.24) is 0 Å². The minimum Gasteiger partial charge on any atom is -0.384 e. The molecule has 17 heavy (non-hydrogen) atoms. The molecule has 2 rings (SSSR count). The second-order valence-corrected chi connectivity index (χ2v) is 5.60. The average molecular weight is 379 g/mol. The van der Waals surface area contributed by atoms with E-state index in [1.54, 1.807) is 18.2 Å². The molecule has 0 saturated heterocycles. The van der Waals surface area contributed by atoms with E-state index in [1.165, 1.54) is 0 Å². The fourth-order valence-electron chi connectivity index (χ4n) is 1.59. The van der Waals surface area contributed by atoms with Crippen LogP contribution in [-0.2, 0) is 0 Å². The van der Waals surface area contributed by atoms with Crippen molar-refractivity contribution in [1.29, 1.82) is 0 Å². The second kappa shape index (κ2) is 5.57. The minimum absolute atomic E-state index is 0.552. The van der Waals surface area contributed by atoms with Crippen molar-refractivity contribution < 1.29 is 5.11 Å². The Bertz CT molecular complexity index is 543. The van der Waals surface area contributed by atoms with Crippen molar-refractivity contribution >= 4 is 45.8 Å². The zero-order chi connectivity index (χ0) is 12.4. The van der Waals surface area contributed by atoms with Gasteiger partial charge in [0.25, 0.3) is 0 Å². The number of aliphatic hydroxyl groups excluding tert-OH is 1. The van der Waals surface area contributed by atoms with Gasteiger partial charge in [-0.25, -0.2) is 0 Å². The monoisotopic (exact) mass is 378 g/mol. The Morgan fingerprint density at radius 1 is 1.00 bits per heavy atom. The van der Waals surface area contributed by atoms with E-state index in [9.17, 15) is 5.11 Å². The third-order valence-electron chi connectivity index (χ3n) is 2.45. The third-order valence-corrected chi connectivity index (χ3v) is 4.01. The first-order valence-electron chi connectivity index (χ1n) is 4.97. The van der Waals surface area contributed by atoms with E-state index in [0.717, 1.165) is 9.13 Å². The Balaban J connectivity index is 2.47. The lowest BCUT2D eigenvalue weighted by molar-refractivity contribution is 0.219. The molecule has 0 aliphatic heterocycles. The third kappa shape index (κ3) is 2.94. The summed E-state index contributed by atoms with van der Waals surface area (Å²) >= 11 is 14.2. The van der Waals surface area contributed by atoms with Crippen molar-refractivity contribution in [3.63, 3.8) is 0 Å². The number of rotatable bonds is 2. The molecule has 2 aromatic carbocycles. The molecule has 0 bridgehead atoms. The molecule has 88 valence electrons. The summed E-state index contributed by atoms with van der Waals surface area (Å²) < 4.78 is 0.958. The van der Waals surface area contributed by atoms with Crippen LogP contribution < -0.4 is 0 Å². The molecule has 0 aromatic heterocycles. The van der Waals surface area contributed by atoms with Crippen LogP contribution in [0.2, 0.25) is 10.0 Å². The highest BCUT2D eigenvalue weighted by Crippen LogP contribution is 2.32. The van der Waals surface area contributed by atoms with Gasteiger partial charge in [-0.05, 0) is 52.4 Å². The Morgan fingerprint density at radius 3 is 2.41 bits per heavy atom. The standard InChI is InChI=1S/C13H9Cl2IO/c14-8-5-6-12(16)10(7-8)13(17)9-3-1-2-4-11(9)15/h1-7,13,17H. The Hall–Kier alpha value is -0.290. The van der Waals surface area contributed by atoms with E-state index < -0.39 is 6.10 Å². The number of halogens is 3. The summed E-state index contributed by atoms with van der Waals surface area (Å²) in [7, 11) is 0. The molecular formula is C13H9Cl2IO. The van der Waals surface area contributed by atoms with E-state index in [1.807, 2.05) is 24.3 Å². The maximum atomic E-state index is 10.3. The van der Waals surface area contributed by atoms with Crippen molar-refractivity contribution in [3.05, 3.63) is 67.2 Å². The molecular weight excluding hydrogens is 370 g/mol. The van der Waals surface area contributed by atoms with Crippen molar-refractivity contribution in [3.8, 4) is 0 Å². The summed E-state index contributed by atoms with van der Waals surface area (Å²) in [6.07, 6.45) is -0.755. The summed E-state index contributed by atoms with van der Waals surface area (Å²) in [5.74, 6) is 0. The van der Waals surface area contributed by atoms with Gasteiger partial charge in [-0.15, -0.1) is 0 Å². The van der Waals surface area contributed by atoms with Gasteiger partial charge in [0, 0.05) is 19.2 Å². The summed E-state index contributed by atoms with van der Waals surface area (Å²) in [6.45, 7) is 0. The van der Waals surface area contributed by atoms with Crippen LogP contribution in [0.3, 0.4) is 0 Å². The number of hydrogen-bond donors (Lipinski definition) is 1. The number of benzene rings is 2. The molecule has 1 nitrogen and oxygen atoms in total. The maximum Gasteiger partial charge on any atom is 0.107 e. The van der Waals surface area contributed by atoms with Crippen LogP contribution in [0.4, 0.5) is 0 Å². The minimum atomic E-state index is -0.755. The van der Waals surface area contributed by atoms with Gasteiger partial charge in [0.1, 0.15) is 6.10 Å². The van der Waals surface area contributed by atoms with Crippen LogP contribution in [0, 0.1) is 3.57 Å². The van der Waals surface area contributed by atoms with Crippen LogP contribution in [0.15, 0.2) is 42.5 Å². The molecule has 0 saturated carbocycles. The van der Waals surface area contributed by atoms with Crippen molar-refractivity contribution in [2.45, 2.75) is 6.10 Å². The van der Waals surface area contributed by atoms with E-state index in [4.69, 9.17) is 23.2 Å². The van der Waals surface area contributed by atoms with E-state index in [2.05, 4.69) is 22.6 Å². The quantitative estimate of drug-likeness (QED) is 0.752. The van der Waals surface area contributed by atoms with Gasteiger partial charge in [-0.1, -0.05) is 41.4 Å². The Kier molecular flexibility index (Phi) is 4.31. The van der Waals surface area contributed by atoms with Gasteiger partial charge in [0.15, 0.2) is 0 Å². The molecule has 0 spiro atoms. The maximum absolute atomic E-state index is 10.3. The lowest BCUT2D eigenvalue weighted by atomic mass is 10.0. The predicted molar refractivity (Wildman–Crippen MR) is 79.7 cm³/mol. The number of aliphatic hydroxyl groups is 1. The van der Waals surface area contributed by atoms with Gasteiger partial charge in [0.2, 0.25) is 0 Å². The van der Waals surface area contributed by atoms with Gasteiger partial charge in [-0.2, -0.15) is 0 Å². The molecule has 4 heteroatoms. The molecule has 1 unspecified atom stereocenters. The molecule has 1 N–H and O–H groups in total. The summed E-state index contributed by atoms with van der Waals surface area (Å²) in [5.41, 5.74) is 1.46. The number of hydrogen-bond acceptors (Lipinski definition) is 1. The fourth-order valence-corrected chi connectivity index (χ4v) is 2.64. The predicted octanol–water partition coefficient (Wildman–Crippen LogP) is 4.68. The second-order valence-electron chi connectivity index (χ2n) is 3.59. The highest BCUT2D eigenvalue weighted by Gasteiger charge is 2.16. The smallest absolute Gasteiger partial charge is 0.107 e. The summed E-state index contributed by atoms with van der Waals surface area (Å²) in [6, 6.07) is 12.7. The van der Waals surface area contributed by atoms with Crippen LogP contribution in [0.5, 0.6) is 0 Å². The van der Waals surface area contributed by atoms with Crippen LogP contribution in [0.25, 0.3) is 0 Å². The molecule has 0 heterocycles. The first kappa shape index (κ1) is 13.1. The Morgan fingerprint density at radius 2 is 1.71 bits per heavy atom. The highest BCUT2D eigenvalue weighted by molar-refractivity contribution is 14.1. The Labute approximate surface area is 124 Å². The fraction of sp³-hybridized carbons (Fsp3) is 0.0769. The SMILES string of the molecule is OC(c1ccccc1Cl)c1cc(Cl)ccc1I. The van der Waals surface area contributed by atoms with Gasteiger partial charge in [0.05, 0.1) is 0 Å². The molecule has 0 aliphatic rings. The van der Waals surface area contributed by atoms with E-state index in [0.29, 0.717) is 15.6 Å². The van der Waals surface area contributed by atoms with Crippen LogP contribution in [-0.4, -0.2) is 5.11 Å². The lowest BCUT2D eigenvalue weighted by Crippen LogP contribution is -2.02. The van der Waals surface area contributed by atoms with Crippen LogP contribution in [0.1, 0.15) is 17.2 Å². The van der Waals surface area contributed by atoms with Crippen LogP contribution >= 0.6 is 45.8 Å². The zero-order valence-corrected chi connectivity index (χ0v) is 12.4. The highest BCUT2D eigenvalue weighted by atomic mass is 127. The average Bonchev–Trinajstić information content (AvgIpc) is 2.32. The first-order valence-corrected chi connectivity index (χ1v) is 6.80. The molecule has 0 radical (unpaired) electrons. The largest absolute Gasteiger partial charge is 0.384 e. The molecule has 0 amide bonds. The van der Waals surface area contributed by atoms with Crippen molar-refractivity contribution in [2.75, 3.05) is 0 Å². The van der Waals surface area contributed by atoms with Crippen molar-refractivity contribution in [2.24, 2.45) is 0 Å². The zero-order valence-electron chi connectivity index (χ0n) is 8.70.